The van der Waals surface area contributed by atoms with E-state index in [4.69, 9.17) is 5.73 Å². The van der Waals surface area contributed by atoms with Gasteiger partial charge in [-0.1, -0.05) is 49.1 Å². The number of hydrogen-bond acceptors (Lipinski definition) is 3. The molecule has 0 aliphatic carbocycles. The van der Waals surface area contributed by atoms with Crippen LogP contribution in [0.1, 0.15) is 40.2 Å². The summed E-state index contributed by atoms with van der Waals surface area (Å²) in [6.07, 6.45) is 0.838. The minimum Gasteiger partial charge on any atom is -0.345 e. The van der Waals surface area contributed by atoms with Gasteiger partial charge in [-0.05, 0) is 23.4 Å². The van der Waals surface area contributed by atoms with Crippen LogP contribution < -0.4 is 11.1 Å². The van der Waals surface area contributed by atoms with Gasteiger partial charge in [0, 0.05) is 5.56 Å². The number of rotatable bonds is 4. The van der Waals surface area contributed by atoms with Crippen LogP contribution in [0.4, 0.5) is 0 Å². The molecule has 3 N–H and O–H groups in total. The highest BCUT2D eigenvalue weighted by Gasteiger charge is 2.17. The van der Waals surface area contributed by atoms with E-state index in [0.29, 0.717) is 11.4 Å². The van der Waals surface area contributed by atoms with Crippen molar-refractivity contribution in [1.82, 2.24) is 5.32 Å². The Kier molecular flexibility index (Phi) is 5.56. The maximum atomic E-state index is 12.4. The van der Waals surface area contributed by atoms with Crippen LogP contribution in [0.25, 0.3) is 0 Å². The lowest BCUT2D eigenvalue weighted by atomic mass is 10.0. The molecule has 0 radical (unpaired) electrons. The summed E-state index contributed by atoms with van der Waals surface area (Å²) >= 11 is 1.40. The Balaban J connectivity index is 2.15. The van der Waals surface area contributed by atoms with Crippen molar-refractivity contribution in [2.75, 3.05) is 6.54 Å². The highest BCUT2D eigenvalue weighted by Crippen LogP contribution is 2.20. The van der Waals surface area contributed by atoms with Crippen LogP contribution >= 0.6 is 11.3 Å². The Labute approximate surface area is 129 Å². The fraction of sp³-hybridized carbons (Fsp3) is 0.235. The quantitative estimate of drug-likeness (QED) is 0.853. The smallest absolute Gasteiger partial charge is 0.263 e. The summed E-state index contributed by atoms with van der Waals surface area (Å²) in [5.41, 5.74) is 7.23. The van der Waals surface area contributed by atoms with Gasteiger partial charge >= 0.3 is 0 Å². The first-order chi connectivity index (χ1) is 10.3. The molecule has 0 aliphatic heterocycles. The molecule has 0 aliphatic rings. The van der Waals surface area contributed by atoms with Gasteiger partial charge in [0.2, 0.25) is 0 Å². The van der Waals surface area contributed by atoms with Gasteiger partial charge in [0.15, 0.2) is 0 Å². The first-order valence-corrected chi connectivity index (χ1v) is 7.76. The lowest BCUT2D eigenvalue weighted by molar-refractivity contribution is 0.0939. The largest absolute Gasteiger partial charge is 0.345 e. The number of carbonyl (C=O) groups is 1. The van der Waals surface area contributed by atoms with Gasteiger partial charge in [0.1, 0.15) is 4.88 Å². The number of nitrogens with one attached hydrogen (secondary N) is 1. The summed E-state index contributed by atoms with van der Waals surface area (Å²) in [4.78, 5) is 13.1. The van der Waals surface area contributed by atoms with Crippen molar-refractivity contribution in [3.8, 4) is 11.8 Å². The van der Waals surface area contributed by atoms with Gasteiger partial charge in [-0.2, -0.15) is 0 Å². The van der Waals surface area contributed by atoms with Crippen molar-refractivity contribution in [3.05, 3.63) is 57.8 Å². The summed E-state index contributed by atoms with van der Waals surface area (Å²) in [6.45, 7) is 2.35. The number of amides is 1. The lowest BCUT2D eigenvalue weighted by Crippen LogP contribution is -2.28. The topological polar surface area (TPSA) is 55.1 Å². The third kappa shape index (κ3) is 3.94. The first-order valence-electron chi connectivity index (χ1n) is 6.88. The molecule has 0 bridgehead atoms. The molecular weight excluding hydrogens is 280 g/mol. The zero-order valence-electron chi connectivity index (χ0n) is 11.9. The molecular formula is C17H18N2OS. The van der Waals surface area contributed by atoms with Gasteiger partial charge < -0.3 is 11.1 Å². The molecule has 2 aromatic rings. The third-order valence-corrected chi connectivity index (χ3v) is 4.03. The number of carbonyl (C=O) groups excluding carboxylic acids is 1. The van der Waals surface area contributed by atoms with Gasteiger partial charge in [0.25, 0.3) is 5.91 Å². The summed E-state index contributed by atoms with van der Waals surface area (Å²) in [6, 6.07) is 11.8. The van der Waals surface area contributed by atoms with E-state index in [0.717, 1.165) is 17.5 Å². The molecule has 1 atom stereocenters. The predicted octanol–water partition coefficient (Wildman–Crippen LogP) is 2.94. The van der Waals surface area contributed by atoms with Gasteiger partial charge in [-0.15, -0.1) is 11.3 Å². The highest BCUT2D eigenvalue weighted by molar-refractivity contribution is 7.12. The average Bonchev–Trinajstić information content (AvgIpc) is 2.99. The summed E-state index contributed by atoms with van der Waals surface area (Å²) in [5.74, 6) is 5.65. The van der Waals surface area contributed by atoms with Crippen molar-refractivity contribution in [2.24, 2.45) is 5.73 Å². The van der Waals surface area contributed by atoms with Crippen molar-refractivity contribution >= 4 is 17.2 Å². The van der Waals surface area contributed by atoms with Crippen molar-refractivity contribution in [3.63, 3.8) is 0 Å². The standard InChI is InChI=1S/C17H18N2OS/c1-2-15(13-7-4-3-5-8-13)19-17(20)16-14(9-6-11-18)10-12-21-16/h3-5,7-8,10,12,15H,2,11,18H2,1H3,(H,19,20). The van der Waals surface area contributed by atoms with Crippen LogP contribution in [0.3, 0.4) is 0 Å². The Hall–Kier alpha value is -2.09. The first kappa shape index (κ1) is 15.3. The van der Waals surface area contributed by atoms with Crippen molar-refractivity contribution in [2.45, 2.75) is 19.4 Å². The fourth-order valence-electron chi connectivity index (χ4n) is 2.06. The molecule has 0 saturated heterocycles. The molecule has 1 aromatic heterocycles. The summed E-state index contributed by atoms with van der Waals surface area (Å²) < 4.78 is 0. The number of thiophene rings is 1. The van der Waals surface area contributed by atoms with Gasteiger partial charge in [-0.3, -0.25) is 4.79 Å². The Morgan fingerprint density at radius 2 is 2.10 bits per heavy atom. The maximum absolute atomic E-state index is 12.4. The molecule has 0 fully saturated rings. The molecule has 0 saturated carbocycles. The second-order valence-corrected chi connectivity index (χ2v) is 5.43. The Morgan fingerprint density at radius 1 is 1.33 bits per heavy atom. The van der Waals surface area contributed by atoms with E-state index >= 15 is 0 Å². The van der Waals surface area contributed by atoms with E-state index in [9.17, 15) is 4.79 Å². The monoisotopic (exact) mass is 298 g/mol. The van der Waals surface area contributed by atoms with Crippen molar-refractivity contribution in [1.29, 1.82) is 0 Å². The SMILES string of the molecule is CCC(NC(=O)c1sccc1C#CCN)c1ccccc1. The molecule has 1 aromatic carbocycles. The summed E-state index contributed by atoms with van der Waals surface area (Å²) in [7, 11) is 0. The van der Waals surface area contributed by atoms with E-state index in [2.05, 4.69) is 24.1 Å². The number of benzene rings is 1. The van der Waals surface area contributed by atoms with Crippen LogP contribution in [-0.2, 0) is 0 Å². The normalized spacial score (nSPS) is 11.3. The molecule has 2 rings (SSSR count). The fourth-order valence-corrected chi connectivity index (χ4v) is 2.81. The van der Waals surface area contributed by atoms with E-state index in [-0.39, 0.29) is 11.9 Å². The molecule has 3 nitrogen and oxygen atoms in total. The summed E-state index contributed by atoms with van der Waals surface area (Å²) in [5, 5.41) is 4.95. The number of nitrogens with two attached hydrogens (primary N) is 1. The zero-order valence-corrected chi connectivity index (χ0v) is 12.7. The predicted molar refractivity (Wildman–Crippen MR) is 87.2 cm³/mol. The molecule has 1 amide bonds. The Morgan fingerprint density at radius 3 is 2.76 bits per heavy atom. The molecule has 21 heavy (non-hydrogen) atoms. The van der Waals surface area contributed by atoms with E-state index < -0.39 is 0 Å². The van der Waals surface area contributed by atoms with Crippen LogP contribution in [0.5, 0.6) is 0 Å². The van der Waals surface area contributed by atoms with Crippen molar-refractivity contribution < 1.29 is 4.79 Å². The van der Waals surface area contributed by atoms with E-state index in [1.165, 1.54) is 11.3 Å². The number of hydrogen-bond donors (Lipinski definition) is 2. The molecule has 1 heterocycles. The molecule has 4 heteroatoms. The van der Waals surface area contributed by atoms with E-state index in [1.807, 2.05) is 41.8 Å². The average molecular weight is 298 g/mol. The van der Waals surface area contributed by atoms with Crippen LogP contribution in [-0.4, -0.2) is 12.5 Å². The van der Waals surface area contributed by atoms with E-state index in [1.54, 1.807) is 0 Å². The molecule has 1 unspecified atom stereocenters. The molecule has 0 spiro atoms. The van der Waals surface area contributed by atoms with Gasteiger partial charge in [0.05, 0.1) is 12.6 Å². The third-order valence-electron chi connectivity index (χ3n) is 3.11. The molecule has 108 valence electrons. The minimum absolute atomic E-state index is 0.0103. The second kappa shape index (κ2) is 7.63. The van der Waals surface area contributed by atoms with Gasteiger partial charge in [-0.25, -0.2) is 0 Å². The lowest BCUT2D eigenvalue weighted by Gasteiger charge is -2.17. The van der Waals surface area contributed by atoms with Crippen LogP contribution in [0.15, 0.2) is 41.8 Å². The zero-order chi connectivity index (χ0) is 15.1. The Bertz CT molecular complexity index is 652. The minimum atomic E-state index is -0.0815. The highest BCUT2D eigenvalue weighted by atomic mass is 32.1. The second-order valence-electron chi connectivity index (χ2n) is 4.51. The maximum Gasteiger partial charge on any atom is 0.263 e. The van der Waals surface area contributed by atoms with Crippen LogP contribution in [0, 0.1) is 11.8 Å². The van der Waals surface area contributed by atoms with Crippen LogP contribution in [0.2, 0.25) is 0 Å².